The summed E-state index contributed by atoms with van der Waals surface area (Å²) >= 11 is 0. The Bertz CT molecular complexity index is 978. The van der Waals surface area contributed by atoms with Gasteiger partial charge in [0.05, 0.1) is 0 Å². The number of aryl methyl sites for hydroxylation is 1. The van der Waals surface area contributed by atoms with Gasteiger partial charge in [-0.2, -0.15) is 0 Å². The van der Waals surface area contributed by atoms with E-state index in [0.29, 0.717) is 37.4 Å². The standard InChI is InChI=1S/C22H23N3O2/c1-23-19-11-6-5-10-18(19)16-20(23)22(27)25-13-7-12-24(14-15-25)21(26)17-8-3-2-4-9-17/h2-6,8-11,16H,7,12-15H2,1H3. The van der Waals surface area contributed by atoms with Crippen LogP contribution >= 0.6 is 0 Å². The van der Waals surface area contributed by atoms with Crippen LogP contribution < -0.4 is 0 Å². The highest BCUT2D eigenvalue weighted by molar-refractivity contribution is 5.99. The third-order valence-corrected chi connectivity index (χ3v) is 5.26. The van der Waals surface area contributed by atoms with E-state index in [1.54, 1.807) is 0 Å². The molecule has 0 spiro atoms. The number of benzene rings is 2. The lowest BCUT2D eigenvalue weighted by molar-refractivity contribution is 0.0714. The van der Waals surface area contributed by atoms with Crippen LogP contribution in [0.5, 0.6) is 0 Å². The molecule has 5 heteroatoms. The summed E-state index contributed by atoms with van der Waals surface area (Å²) in [6, 6.07) is 19.3. The number of nitrogens with zero attached hydrogens (tertiary/aromatic N) is 3. The van der Waals surface area contributed by atoms with Gasteiger partial charge in [0.15, 0.2) is 0 Å². The molecular formula is C22H23N3O2. The van der Waals surface area contributed by atoms with E-state index >= 15 is 0 Å². The van der Waals surface area contributed by atoms with Crippen molar-refractivity contribution in [1.29, 1.82) is 0 Å². The van der Waals surface area contributed by atoms with Gasteiger partial charge in [-0.25, -0.2) is 0 Å². The number of para-hydroxylation sites is 1. The number of carbonyl (C=O) groups excluding carboxylic acids is 2. The average molecular weight is 361 g/mol. The highest BCUT2D eigenvalue weighted by Gasteiger charge is 2.25. The van der Waals surface area contributed by atoms with Crippen LogP contribution in [0.3, 0.4) is 0 Å². The van der Waals surface area contributed by atoms with Crippen LogP contribution in [0.25, 0.3) is 10.9 Å². The summed E-state index contributed by atoms with van der Waals surface area (Å²) in [6.07, 6.45) is 0.786. The number of fused-ring (bicyclic) bond motifs is 1. The molecule has 2 heterocycles. The third-order valence-electron chi connectivity index (χ3n) is 5.26. The second-order valence-electron chi connectivity index (χ2n) is 6.95. The van der Waals surface area contributed by atoms with Gasteiger partial charge in [-0.1, -0.05) is 36.4 Å². The summed E-state index contributed by atoms with van der Waals surface area (Å²) in [4.78, 5) is 29.5. The van der Waals surface area contributed by atoms with Gasteiger partial charge in [0, 0.05) is 49.7 Å². The predicted octanol–water partition coefficient (Wildman–Crippen LogP) is 3.17. The minimum Gasteiger partial charge on any atom is -0.340 e. The van der Waals surface area contributed by atoms with Gasteiger partial charge >= 0.3 is 0 Å². The Morgan fingerprint density at radius 2 is 1.41 bits per heavy atom. The van der Waals surface area contributed by atoms with Crippen molar-refractivity contribution in [2.45, 2.75) is 6.42 Å². The molecule has 138 valence electrons. The van der Waals surface area contributed by atoms with E-state index < -0.39 is 0 Å². The Hall–Kier alpha value is -3.08. The second-order valence-corrected chi connectivity index (χ2v) is 6.95. The fourth-order valence-corrected chi connectivity index (χ4v) is 3.74. The van der Waals surface area contributed by atoms with Crippen LogP contribution in [-0.2, 0) is 7.05 Å². The summed E-state index contributed by atoms with van der Waals surface area (Å²) in [5.41, 5.74) is 2.45. The molecule has 4 rings (SSSR count). The van der Waals surface area contributed by atoms with Gasteiger partial charge in [0.25, 0.3) is 11.8 Å². The molecule has 2 amide bonds. The first kappa shape index (κ1) is 17.3. The third kappa shape index (κ3) is 3.33. The lowest BCUT2D eigenvalue weighted by Gasteiger charge is -2.22. The highest BCUT2D eigenvalue weighted by atomic mass is 16.2. The molecule has 0 saturated carbocycles. The molecule has 1 aliphatic heterocycles. The van der Waals surface area contributed by atoms with Gasteiger partial charge in [0.2, 0.25) is 0 Å². The van der Waals surface area contributed by atoms with E-state index in [0.717, 1.165) is 17.3 Å². The number of aromatic nitrogens is 1. The van der Waals surface area contributed by atoms with E-state index in [1.807, 2.05) is 82.1 Å². The first-order valence-corrected chi connectivity index (χ1v) is 9.33. The molecule has 1 fully saturated rings. The Morgan fingerprint density at radius 3 is 2.11 bits per heavy atom. The zero-order valence-electron chi connectivity index (χ0n) is 15.5. The van der Waals surface area contributed by atoms with Crippen molar-refractivity contribution in [3.63, 3.8) is 0 Å². The van der Waals surface area contributed by atoms with Crippen molar-refractivity contribution in [3.8, 4) is 0 Å². The van der Waals surface area contributed by atoms with Crippen molar-refractivity contribution in [3.05, 3.63) is 71.9 Å². The van der Waals surface area contributed by atoms with E-state index in [9.17, 15) is 9.59 Å². The number of rotatable bonds is 2. The molecule has 0 bridgehead atoms. The van der Waals surface area contributed by atoms with Crippen molar-refractivity contribution in [2.24, 2.45) is 7.05 Å². The van der Waals surface area contributed by atoms with E-state index in [1.165, 1.54) is 0 Å². The number of amides is 2. The molecule has 1 aliphatic rings. The van der Waals surface area contributed by atoms with Crippen molar-refractivity contribution < 1.29 is 9.59 Å². The molecule has 0 unspecified atom stereocenters. The maximum atomic E-state index is 13.1. The molecule has 1 aromatic heterocycles. The smallest absolute Gasteiger partial charge is 0.270 e. The normalized spacial score (nSPS) is 15.0. The minimum atomic E-state index is 0.0303. The first-order chi connectivity index (χ1) is 13.1. The molecule has 3 aromatic rings. The lowest BCUT2D eigenvalue weighted by atomic mass is 10.2. The minimum absolute atomic E-state index is 0.0303. The molecule has 0 aliphatic carbocycles. The molecule has 0 N–H and O–H groups in total. The van der Waals surface area contributed by atoms with Crippen LogP contribution in [-0.4, -0.2) is 52.4 Å². The summed E-state index contributed by atoms with van der Waals surface area (Å²) < 4.78 is 1.95. The van der Waals surface area contributed by atoms with E-state index in [4.69, 9.17) is 0 Å². The predicted molar refractivity (Wildman–Crippen MR) is 106 cm³/mol. The molecular weight excluding hydrogens is 338 g/mol. The topological polar surface area (TPSA) is 45.6 Å². The first-order valence-electron chi connectivity index (χ1n) is 9.33. The maximum Gasteiger partial charge on any atom is 0.270 e. The Kier molecular flexibility index (Phi) is 4.67. The molecule has 0 atom stereocenters. The van der Waals surface area contributed by atoms with Gasteiger partial charge in [-0.15, -0.1) is 0 Å². The largest absolute Gasteiger partial charge is 0.340 e. The maximum absolute atomic E-state index is 13.1. The van der Waals surface area contributed by atoms with Crippen molar-refractivity contribution in [2.75, 3.05) is 26.2 Å². The quantitative estimate of drug-likeness (QED) is 0.704. The summed E-state index contributed by atoms with van der Waals surface area (Å²) in [7, 11) is 1.93. The van der Waals surface area contributed by atoms with E-state index in [-0.39, 0.29) is 11.8 Å². The monoisotopic (exact) mass is 361 g/mol. The van der Waals surface area contributed by atoms with Crippen LogP contribution in [0.15, 0.2) is 60.7 Å². The van der Waals surface area contributed by atoms with Crippen LogP contribution in [0.2, 0.25) is 0 Å². The van der Waals surface area contributed by atoms with Crippen LogP contribution in [0, 0.1) is 0 Å². The fourth-order valence-electron chi connectivity index (χ4n) is 3.74. The second kappa shape index (κ2) is 7.27. The molecule has 1 saturated heterocycles. The summed E-state index contributed by atoms with van der Waals surface area (Å²) in [6.45, 7) is 2.45. The van der Waals surface area contributed by atoms with Crippen LogP contribution in [0.4, 0.5) is 0 Å². The Balaban J connectivity index is 1.50. The lowest BCUT2D eigenvalue weighted by Crippen LogP contribution is -2.37. The van der Waals surface area contributed by atoms with Crippen molar-refractivity contribution in [1.82, 2.24) is 14.4 Å². The van der Waals surface area contributed by atoms with Gasteiger partial charge in [-0.3, -0.25) is 9.59 Å². The number of hydrogen-bond donors (Lipinski definition) is 0. The summed E-state index contributed by atoms with van der Waals surface area (Å²) in [5.74, 6) is 0.0669. The fraction of sp³-hybridized carbons (Fsp3) is 0.273. The van der Waals surface area contributed by atoms with Gasteiger partial charge in [-0.05, 0) is 30.7 Å². The average Bonchev–Trinajstić information content (AvgIpc) is 2.89. The summed E-state index contributed by atoms with van der Waals surface area (Å²) in [5, 5.41) is 1.07. The molecule has 27 heavy (non-hydrogen) atoms. The SMILES string of the molecule is Cn1c(C(=O)N2CCCN(C(=O)c3ccccc3)CC2)cc2ccccc21. The highest BCUT2D eigenvalue weighted by Crippen LogP contribution is 2.20. The Labute approximate surface area is 158 Å². The van der Waals surface area contributed by atoms with Gasteiger partial charge in [0.1, 0.15) is 5.69 Å². The molecule has 5 nitrogen and oxygen atoms in total. The molecule has 2 aromatic carbocycles. The zero-order chi connectivity index (χ0) is 18.8. The van der Waals surface area contributed by atoms with Crippen LogP contribution in [0.1, 0.15) is 27.3 Å². The number of carbonyl (C=O) groups is 2. The zero-order valence-corrected chi connectivity index (χ0v) is 15.5. The van der Waals surface area contributed by atoms with Crippen molar-refractivity contribution >= 4 is 22.7 Å². The molecule has 0 radical (unpaired) electrons. The van der Waals surface area contributed by atoms with E-state index in [2.05, 4.69) is 0 Å². The Morgan fingerprint density at radius 1 is 0.778 bits per heavy atom. The number of hydrogen-bond acceptors (Lipinski definition) is 2. The van der Waals surface area contributed by atoms with Gasteiger partial charge < -0.3 is 14.4 Å².